The minimum absolute atomic E-state index is 0.0104. The second-order valence-electron chi connectivity index (χ2n) is 29.4. The van der Waals surface area contributed by atoms with Crippen LogP contribution in [-0.2, 0) is 191 Å². The molecule has 0 spiro atoms. The summed E-state index contributed by atoms with van der Waals surface area (Å²) >= 11 is 0. The third-order valence-corrected chi connectivity index (χ3v) is 49.8. The van der Waals surface area contributed by atoms with Crippen molar-refractivity contribution < 1.29 is 179 Å². The highest BCUT2D eigenvalue weighted by Crippen LogP contribution is 2.23. The Kier molecular flexibility index (Phi) is 118. The Labute approximate surface area is 907 Å². The van der Waals surface area contributed by atoms with Crippen molar-refractivity contribution >= 4 is 129 Å². The van der Waals surface area contributed by atoms with E-state index in [0.717, 1.165) is 24.6 Å². The van der Waals surface area contributed by atoms with Gasteiger partial charge in [0, 0.05) is 285 Å². The van der Waals surface area contributed by atoms with E-state index in [1.807, 2.05) is 205 Å². The average molecular weight is 2340 g/mol. The van der Waals surface area contributed by atoms with E-state index >= 15 is 0 Å². The third kappa shape index (κ3) is 84.2. The van der Waals surface area contributed by atoms with Crippen molar-refractivity contribution in [3.05, 3.63) is 106 Å². The highest BCUT2D eigenvalue weighted by Gasteiger charge is 2.46. The van der Waals surface area contributed by atoms with E-state index in [9.17, 15) is 19.2 Å². The summed E-state index contributed by atoms with van der Waals surface area (Å²) in [5.41, 5.74) is 21.6. The smallest absolute Gasteiger partial charge is 0.377 e. The lowest BCUT2D eigenvalue weighted by molar-refractivity contribution is -0.117. The maximum atomic E-state index is 10.9. The number of benzene rings is 2. The maximum absolute atomic E-state index is 10.9. The predicted octanol–water partition coefficient (Wildman–Crippen LogP) is 15.7. The number of nitrogens with two attached hydrogens (primary N) is 2. The lowest BCUT2D eigenvalue weighted by Crippen LogP contribution is -2.48. The molecule has 2 aromatic rings. The highest BCUT2D eigenvalue weighted by atomic mass is 28.4. The molecule has 880 valence electrons. The summed E-state index contributed by atoms with van der Waals surface area (Å²) in [4.78, 5) is 41.5. The molecule has 2 aromatic carbocycles. The Hall–Kier alpha value is -3.08. The van der Waals surface area contributed by atoms with Crippen molar-refractivity contribution in [2.45, 2.75) is 241 Å². The lowest BCUT2D eigenvalue weighted by Gasteiger charge is -2.28. The fourth-order valence-electron chi connectivity index (χ4n) is 11.6. The molecule has 0 aliphatic rings. The van der Waals surface area contributed by atoms with E-state index in [2.05, 4.69) is 45.5 Å². The summed E-state index contributed by atoms with van der Waals surface area (Å²) < 4.78 is 190. The maximum Gasteiger partial charge on any atom is 0.541 e. The van der Waals surface area contributed by atoms with Crippen LogP contribution < -0.4 is 11.5 Å². The summed E-state index contributed by atoms with van der Waals surface area (Å²) in [5.74, 6) is 2.31. The second-order valence-corrected chi connectivity index (χ2v) is 61.7. The molecule has 0 aliphatic carbocycles. The molecule has 0 fully saturated rings. The summed E-state index contributed by atoms with van der Waals surface area (Å²) in [7, 11) is -2.27. The minimum Gasteiger partial charge on any atom is -0.377 e. The summed E-state index contributed by atoms with van der Waals surface area (Å²) in [6.45, 7) is 61.1. The number of carbonyl (C=O) groups excluding carboxylic acids is 4. The number of hydrogen-bond donors (Lipinski definition) is 2. The lowest BCUT2D eigenvalue weighted by atomic mass is 10.2. The molecule has 0 radical (unpaired) electrons. The topological polar surface area (TPSA) is 453 Å². The first-order valence-corrected chi connectivity index (χ1v) is 73.9. The number of allylic oxidation sites excluding steroid dienone is 2. The van der Waals surface area contributed by atoms with Gasteiger partial charge in [0.2, 0.25) is 11.8 Å². The van der Waals surface area contributed by atoms with Gasteiger partial charge in [-0.15, -0.1) is 0 Å². The number of hydrogen-bond acceptors (Lipinski definition) is 40. The van der Waals surface area contributed by atoms with Crippen molar-refractivity contribution in [1.82, 2.24) is 0 Å². The van der Waals surface area contributed by atoms with Gasteiger partial charge in [-0.25, -0.2) is 9.59 Å². The Bertz CT molecular complexity index is 3230. The normalized spacial score (nSPS) is 11.9. The van der Waals surface area contributed by atoms with E-state index in [0.29, 0.717) is 125 Å². The van der Waals surface area contributed by atoms with E-state index in [1.54, 1.807) is 97.2 Å². The van der Waals surface area contributed by atoms with Crippen LogP contribution in [0, 0.1) is 0 Å². The van der Waals surface area contributed by atoms with Gasteiger partial charge in [-0.2, -0.15) is 0 Å². The standard InChI is InChI=1S/C13H22O3Si.C13H28O3Si.C10H16O3Si.C10H22O3Si.C8H19NO4Si.C8H16O4Si.2C7H18O3Si.C5H13NO4Si.C5H10O4Si.2C4H12O3Si/c1-4-14-17(15-5-2,16-6-3)12-13-10-8-7-9-11-13;1-6-10-11-13(5)12-17(14-7-2,15-8-3)16-9-4;1-11-14(12-2,13-3)9-10-7-5-4-6-8-10;1-6-7-8-10(2)9-14(11-3,12-4)13-5;1-4-11-14(12-5-2,13-6-3)7-8(9)10;1-4-10-13(8-7-9,11-5-2)12-6-3;2*1-5-8-11(4,9-6-2)10-7-3;1-8-11(9-2,10-3)4-5(6)7;1-7-10(8-2,9-3)5-4-6;2*1-5-8(4,6-2)7-3/h7-11H,4-6,12H2,1-3H3;12H,6-11H2,1-5H3;4-8H,9H2,1-3H3;9H,6-8H2,1-5H3;4-7H2,1-3H3,(H2,9,10);8H,4-6H2,1-3H3;2*5-7H2,1-4H3;4H2,1-3H3,(H2,6,7);5H,1-3H3;2*1-4H3. The number of carbonyl (C=O) groups is 2. The Morgan fingerprint density at radius 1 is 0.250 bits per heavy atom. The van der Waals surface area contributed by atoms with Crippen molar-refractivity contribution in [3.8, 4) is 0 Å². The van der Waals surface area contributed by atoms with Crippen molar-refractivity contribution in [1.29, 1.82) is 0 Å². The van der Waals surface area contributed by atoms with E-state index in [1.165, 1.54) is 96.3 Å². The fourth-order valence-corrected chi connectivity index (χ4v) is 31.1. The largest absolute Gasteiger partial charge is 0.541 e. The van der Waals surface area contributed by atoms with Gasteiger partial charge in [0.25, 0.3) is 0 Å². The third-order valence-electron chi connectivity index (χ3n) is 19.0. The Morgan fingerprint density at radius 3 is 0.642 bits per heavy atom. The molecular formula is C94H206N2O40Si12. The molecule has 0 saturated heterocycles. The van der Waals surface area contributed by atoms with Crippen LogP contribution >= 0.6 is 0 Å². The van der Waals surface area contributed by atoms with Crippen LogP contribution in [0.1, 0.15) is 202 Å². The number of unbranched alkanes of at least 4 members (excludes halogenated alkanes) is 2. The van der Waals surface area contributed by atoms with Gasteiger partial charge >= 0.3 is 106 Å². The van der Waals surface area contributed by atoms with Crippen LogP contribution in [0.5, 0.6) is 0 Å². The van der Waals surface area contributed by atoms with E-state index in [4.69, 9.17) is 171 Å². The molecule has 2 rings (SSSR count). The molecule has 148 heavy (non-hydrogen) atoms. The molecule has 0 aliphatic heterocycles. The molecule has 42 nitrogen and oxygen atoms in total. The zero-order chi connectivity index (χ0) is 116. The van der Waals surface area contributed by atoms with Crippen molar-refractivity contribution in [2.75, 3.05) is 247 Å². The summed E-state index contributed by atoms with van der Waals surface area (Å²) in [6, 6.07) is 21.8. The molecule has 0 heterocycles. The monoisotopic (exact) mass is 2340 g/mol. The van der Waals surface area contributed by atoms with Gasteiger partial charge in [-0.05, 0) is 187 Å². The molecule has 0 atom stereocenters. The highest BCUT2D eigenvalue weighted by molar-refractivity contribution is 6.69. The van der Waals surface area contributed by atoms with Crippen molar-refractivity contribution in [3.63, 3.8) is 0 Å². The zero-order valence-corrected chi connectivity index (χ0v) is 111. The summed E-state index contributed by atoms with van der Waals surface area (Å²) in [5, 5.41) is 0. The predicted molar refractivity (Wildman–Crippen MR) is 603 cm³/mol. The SMILES string of the molecule is CCCCC(C)=C[Si](OC)(OC)OC.CCCCC(C)=C[Si](OCC)(OCC)OCC.CCO[Si](C)(OCC)OCC.CCO[Si](C)(OCC)OCC.CCO[Si](C=C=O)(OCC)OCC.CCO[Si](CC(N)=O)(OCC)OCC.CCO[Si](Cc1ccccc1)(OCC)OCC.CO[Si](C)(OC)OC.CO[Si](C)(OC)OC.CO[Si](C=C=O)(OC)OC.CO[Si](CC(N)=O)(OC)OC.CO[Si](Cc1ccccc1)(OC)OC. The average Bonchev–Trinajstić information content (AvgIpc) is 0.856. The first-order chi connectivity index (χ1) is 70.2. The molecule has 0 aromatic heterocycles. The molecule has 2 amide bonds. The zero-order valence-electron chi connectivity index (χ0n) is 99.4. The van der Waals surface area contributed by atoms with Crippen LogP contribution in [0.3, 0.4) is 0 Å². The fraction of sp³-hybridized carbons (Fsp3) is 0.766. The van der Waals surface area contributed by atoms with Crippen LogP contribution in [0.4, 0.5) is 0 Å². The van der Waals surface area contributed by atoms with E-state index in [-0.39, 0.29) is 12.1 Å². The van der Waals surface area contributed by atoms with Gasteiger partial charge in [0.05, 0.1) is 23.5 Å². The Balaban J connectivity index is -0.000000177. The van der Waals surface area contributed by atoms with Crippen LogP contribution in [0.15, 0.2) is 94.6 Å². The van der Waals surface area contributed by atoms with Gasteiger partial charge in [-0.3, -0.25) is 9.59 Å². The molecule has 0 unspecified atom stereocenters. The Morgan fingerprint density at radius 2 is 0.459 bits per heavy atom. The molecule has 4 N–H and O–H groups in total. The van der Waals surface area contributed by atoms with Gasteiger partial charge < -0.3 is 171 Å². The van der Waals surface area contributed by atoms with Gasteiger partial charge in [-0.1, -0.05) is 98.5 Å². The first kappa shape index (κ1) is 165. The number of amides is 2. The van der Waals surface area contributed by atoms with Crippen molar-refractivity contribution in [2.24, 2.45) is 11.5 Å². The van der Waals surface area contributed by atoms with Gasteiger partial charge in [0.1, 0.15) is 11.9 Å². The molecule has 0 saturated carbocycles. The molecular weight excluding hydrogens is 2130 g/mol. The number of rotatable bonds is 72. The van der Waals surface area contributed by atoms with Crippen LogP contribution in [-0.4, -0.2) is 376 Å². The first-order valence-electron chi connectivity index (χ1n) is 50.1. The van der Waals surface area contributed by atoms with Gasteiger partial charge in [0.15, 0.2) is 0 Å². The van der Waals surface area contributed by atoms with Crippen LogP contribution in [0.2, 0.25) is 38.3 Å². The second kappa shape index (κ2) is 106. The summed E-state index contributed by atoms with van der Waals surface area (Å²) in [6.07, 6.45) is 6.99. The number of primary amides is 2. The minimum atomic E-state index is -2.84. The van der Waals surface area contributed by atoms with E-state index < -0.39 is 117 Å². The molecule has 0 bridgehead atoms. The van der Waals surface area contributed by atoms with Crippen LogP contribution in [0.25, 0.3) is 0 Å². The molecule has 54 heteroatoms. The quantitative estimate of drug-likeness (QED) is 0.0459.